The Morgan fingerprint density at radius 2 is 1.97 bits per heavy atom. The van der Waals surface area contributed by atoms with Gasteiger partial charge in [-0.1, -0.05) is 13.8 Å². The molecule has 0 spiro atoms. The molecule has 2 atom stereocenters. The molecule has 3 N–H and O–H groups in total. The molecule has 0 aromatic carbocycles. The standard InChI is InChI=1S/C22H40N4O3/c1-7-23-21(25-15-22(6,27)20-13-17(4)29-18(20)5)24-14-19(12-16(2)3)26-8-10-28-11-9-26/h13,16,19,27H,7-12,14-15H2,1-6H3,(H2,23,24,25). The molecular weight excluding hydrogens is 368 g/mol. The quantitative estimate of drug-likeness (QED) is 0.430. The predicted octanol–water partition coefficient (Wildman–Crippen LogP) is 2.41. The van der Waals surface area contributed by atoms with Gasteiger partial charge in [0.15, 0.2) is 5.96 Å². The van der Waals surface area contributed by atoms with Gasteiger partial charge < -0.3 is 24.9 Å². The van der Waals surface area contributed by atoms with Crippen molar-refractivity contribution >= 4 is 5.96 Å². The molecule has 0 saturated carbocycles. The van der Waals surface area contributed by atoms with Crippen molar-refractivity contribution in [3.63, 3.8) is 0 Å². The van der Waals surface area contributed by atoms with Crippen molar-refractivity contribution < 1.29 is 14.3 Å². The van der Waals surface area contributed by atoms with Crippen molar-refractivity contribution in [2.45, 2.75) is 59.6 Å². The van der Waals surface area contributed by atoms with Gasteiger partial charge in [0.05, 0.1) is 19.8 Å². The normalized spacial score (nSPS) is 19.2. The number of aliphatic imine (C=N–C) groups is 1. The van der Waals surface area contributed by atoms with Crippen molar-refractivity contribution in [3.05, 3.63) is 23.2 Å². The third-order valence-electron chi connectivity index (χ3n) is 5.32. The molecule has 0 radical (unpaired) electrons. The summed E-state index contributed by atoms with van der Waals surface area (Å²) < 4.78 is 11.1. The molecule has 2 heterocycles. The molecule has 7 heteroatoms. The van der Waals surface area contributed by atoms with E-state index in [9.17, 15) is 5.11 Å². The third kappa shape index (κ3) is 7.32. The minimum atomic E-state index is -1.08. The zero-order valence-electron chi connectivity index (χ0n) is 19.0. The second-order valence-corrected chi connectivity index (χ2v) is 8.61. The van der Waals surface area contributed by atoms with Gasteiger partial charge >= 0.3 is 0 Å². The Bertz CT molecular complexity index is 648. The molecule has 1 aliphatic heterocycles. The Morgan fingerprint density at radius 1 is 1.28 bits per heavy atom. The van der Waals surface area contributed by atoms with Crippen molar-refractivity contribution in [3.8, 4) is 0 Å². The minimum absolute atomic E-state index is 0.258. The number of morpholine rings is 1. The van der Waals surface area contributed by atoms with Crippen LogP contribution in [0.3, 0.4) is 0 Å². The molecule has 2 rings (SSSR count). The van der Waals surface area contributed by atoms with Crippen LogP contribution in [-0.4, -0.2) is 67.9 Å². The minimum Gasteiger partial charge on any atom is -0.466 e. The van der Waals surface area contributed by atoms with Crippen LogP contribution in [0.1, 0.15) is 51.2 Å². The molecule has 166 valence electrons. The lowest BCUT2D eigenvalue weighted by Crippen LogP contribution is -2.51. The predicted molar refractivity (Wildman–Crippen MR) is 117 cm³/mol. The number of hydrogen-bond donors (Lipinski definition) is 3. The highest BCUT2D eigenvalue weighted by atomic mass is 16.5. The monoisotopic (exact) mass is 408 g/mol. The van der Waals surface area contributed by atoms with Gasteiger partial charge in [-0.3, -0.25) is 4.90 Å². The van der Waals surface area contributed by atoms with Crippen LogP contribution in [0.25, 0.3) is 0 Å². The van der Waals surface area contributed by atoms with E-state index in [0.29, 0.717) is 12.0 Å². The first-order valence-corrected chi connectivity index (χ1v) is 10.9. The molecule has 1 aromatic heterocycles. The van der Waals surface area contributed by atoms with E-state index < -0.39 is 5.60 Å². The van der Waals surface area contributed by atoms with Crippen LogP contribution in [0.2, 0.25) is 0 Å². The van der Waals surface area contributed by atoms with E-state index in [4.69, 9.17) is 9.15 Å². The van der Waals surface area contributed by atoms with Gasteiger partial charge in [0.2, 0.25) is 0 Å². The molecule has 2 unspecified atom stereocenters. The molecule has 7 nitrogen and oxygen atoms in total. The first-order valence-electron chi connectivity index (χ1n) is 10.9. The number of nitrogens with one attached hydrogen (secondary N) is 2. The Hall–Kier alpha value is -1.57. The van der Waals surface area contributed by atoms with Crippen molar-refractivity contribution in [2.24, 2.45) is 10.9 Å². The van der Waals surface area contributed by atoms with Gasteiger partial charge in [0, 0.05) is 37.8 Å². The summed E-state index contributed by atoms with van der Waals surface area (Å²) >= 11 is 0. The molecule has 1 aromatic rings. The van der Waals surface area contributed by atoms with E-state index >= 15 is 0 Å². The molecule has 29 heavy (non-hydrogen) atoms. The maximum absolute atomic E-state index is 11.0. The van der Waals surface area contributed by atoms with Gasteiger partial charge in [-0.05, 0) is 46.1 Å². The summed E-state index contributed by atoms with van der Waals surface area (Å²) in [6.07, 6.45) is 1.12. The summed E-state index contributed by atoms with van der Waals surface area (Å²) in [4.78, 5) is 7.18. The lowest BCUT2D eigenvalue weighted by Gasteiger charge is -2.35. The smallest absolute Gasteiger partial charge is 0.191 e. The van der Waals surface area contributed by atoms with Crippen LogP contribution in [-0.2, 0) is 10.3 Å². The van der Waals surface area contributed by atoms with Crippen LogP contribution in [0, 0.1) is 19.8 Å². The maximum atomic E-state index is 11.0. The number of rotatable bonds is 9. The fraction of sp³-hybridized carbons (Fsp3) is 0.773. The highest BCUT2D eigenvalue weighted by molar-refractivity contribution is 5.79. The van der Waals surface area contributed by atoms with Gasteiger partial charge in [0.1, 0.15) is 17.1 Å². The summed E-state index contributed by atoms with van der Waals surface area (Å²) in [7, 11) is 0. The Balaban J connectivity index is 2.03. The molecule has 1 saturated heterocycles. The first-order chi connectivity index (χ1) is 13.7. The van der Waals surface area contributed by atoms with E-state index in [2.05, 4.69) is 34.4 Å². The van der Waals surface area contributed by atoms with Crippen LogP contribution in [0.5, 0.6) is 0 Å². The number of ether oxygens (including phenoxy) is 1. The maximum Gasteiger partial charge on any atom is 0.191 e. The Morgan fingerprint density at radius 3 is 2.52 bits per heavy atom. The molecule has 0 aliphatic carbocycles. The van der Waals surface area contributed by atoms with E-state index in [0.717, 1.165) is 68.9 Å². The van der Waals surface area contributed by atoms with Gasteiger partial charge in [-0.2, -0.15) is 0 Å². The number of nitrogens with zero attached hydrogens (tertiary/aromatic N) is 2. The molecule has 1 aliphatic rings. The lowest BCUT2D eigenvalue weighted by atomic mass is 9.96. The largest absolute Gasteiger partial charge is 0.466 e. The summed E-state index contributed by atoms with van der Waals surface area (Å²) in [5, 5.41) is 17.7. The number of aryl methyl sites for hydroxylation is 2. The lowest BCUT2D eigenvalue weighted by molar-refractivity contribution is 0.0132. The number of guanidine groups is 1. The number of furan rings is 1. The Kier molecular flexibility index (Phi) is 8.99. The average Bonchev–Trinajstić information content (AvgIpc) is 3.02. The van der Waals surface area contributed by atoms with E-state index in [1.807, 2.05) is 26.8 Å². The molecule has 1 fully saturated rings. The third-order valence-corrected chi connectivity index (χ3v) is 5.32. The van der Waals surface area contributed by atoms with Crippen LogP contribution in [0.4, 0.5) is 0 Å². The van der Waals surface area contributed by atoms with Crippen molar-refractivity contribution in [1.29, 1.82) is 0 Å². The average molecular weight is 409 g/mol. The molecule has 0 bridgehead atoms. The molecular formula is C22H40N4O3. The fourth-order valence-electron chi connectivity index (χ4n) is 3.89. The zero-order valence-corrected chi connectivity index (χ0v) is 19.0. The second kappa shape index (κ2) is 11.0. The summed E-state index contributed by atoms with van der Waals surface area (Å²) in [5.74, 6) is 2.89. The number of aliphatic hydroxyl groups is 1. The fourth-order valence-corrected chi connectivity index (χ4v) is 3.89. The van der Waals surface area contributed by atoms with E-state index in [1.165, 1.54) is 0 Å². The van der Waals surface area contributed by atoms with Gasteiger partial charge in [-0.25, -0.2) is 4.99 Å². The van der Waals surface area contributed by atoms with Gasteiger partial charge in [0.25, 0.3) is 0 Å². The van der Waals surface area contributed by atoms with Crippen LogP contribution in [0.15, 0.2) is 15.5 Å². The van der Waals surface area contributed by atoms with E-state index in [-0.39, 0.29) is 6.54 Å². The highest BCUT2D eigenvalue weighted by Crippen LogP contribution is 2.27. The Labute approximate surface area is 175 Å². The van der Waals surface area contributed by atoms with Gasteiger partial charge in [-0.15, -0.1) is 0 Å². The van der Waals surface area contributed by atoms with Crippen LogP contribution >= 0.6 is 0 Å². The van der Waals surface area contributed by atoms with Crippen molar-refractivity contribution in [2.75, 3.05) is 45.9 Å². The highest BCUT2D eigenvalue weighted by Gasteiger charge is 2.28. The summed E-state index contributed by atoms with van der Waals surface area (Å²) in [6, 6.07) is 2.32. The SMILES string of the molecule is CCNC(=NCC(C)(O)c1cc(C)oc1C)NCC(CC(C)C)N1CCOCC1. The zero-order chi connectivity index (χ0) is 21.4. The summed E-state index contributed by atoms with van der Waals surface area (Å²) in [6.45, 7) is 17.5. The second-order valence-electron chi connectivity index (χ2n) is 8.61. The number of hydrogen-bond acceptors (Lipinski definition) is 5. The first kappa shape index (κ1) is 23.7. The van der Waals surface area contributed by atoms with Crippen molar-refractivity contribution in [1.82, 2.24) is 15.5 Å². The topological polar surface area (TPSA) is 82.3 Å². The summed E-state index contributed by atoms with van der Waals surface area (Å²) in [5.41, 5.74) is -0.285. The molecule has 0 amide bonds. The van der Waals surface area contributed by atoms with E-state index in [1.54, 1.807) is 6.92 Å². The van der Waals surface area contributed by atoms with Crippen LogP contribution < -0.4 is 10.6 Å².